The Morgan fingerprint density at radius 1 is 0.833 bits per heavy atom. The fourth-order valence-corrected chi connectivity index (χ4v) is 2.63. The predicted octanol–water partition coefficient (Wildman–Crippen LogP) is 4.96. The summed E-state index contributed by atoms with van der Waals surface area (Å²) in [5, 5.41) is 4.50. The lowest BCUT2D eigenvalue weighted by Crippen LogP contribution is -2.22. The lowest BCUT2D eigenvalue weighted by Gasteiger charge is -2.19. The van der Waals surface area contributed by atoms with E-state index in [9.17, 15) is 4.79 Å². The van der Waals surface area contributed by atoms with Gasteiger partial charge in [0, 0.05) is 0 Å². The standard InChI is InChI=1S/C21H22O3/c1-21(2,3)24-11-10-23-20(22)18-9-8-17-12-15-6-4-5-7-16(15)13-19(17)14-18/h4-9,12-14H,10-11H2,1-3H3. The molecule has 3 rings (SSSR count). The molecule has 0 aliphatic heterocycles. The number of carbonyl (C=O) groups excluding carboxylic acids is 1. The molecule has 3 heteroatoms. The molecule has 3 aromatic carbocycles. The van der Waals surface area contributed by atoms with Gasteiger partial charge in [0.15, 0.2) is 0 Å². The molecule has 0 heterocycles. The number of carbonyl (C=O) groups is 1. The summed E-state index contributed by atoms with van der Waals surface area (Å²) in [7, 11) is 0. The molecule has 0 saturated carbocycles. The zero-order chi connectivity index (χ0) is 17.2. The van der Waals surface area contributed by atoms with Gasteiger partial charge < -0.3 is 9.47 Å². The molecule has 0 unspecified atom stereocenters. The number of ether oxygens (including phenoxy) is 2. The fraction of sp³-hybridized carbons (Fsp3) is 0.286. The molecule has 0 N–H and O–H groups in total. The minimum Gasteiger partial charge on any atom is -0.460 e. The third kappa shape index (κ3) is 3.92. The van der Waals surface area contributed by atoms with Crippen molar-refractivity contribution in [3.63, 3.8) is 0 Å². The summed E-state index contributed by atoms with van der Waals surface area (Å²) in [4.78, 5) is 12.2. The third-order valence-corrected chi connectivity index (χ3v) is 3.79. The van der Waals surface area contributed by atoms with Gasteiger partial charge in [-0.05, 0) is 66.6 Å². The lowest BCUT2D eigenvalue weighted by atomic mass is 10.0. The van der Waals surface area contributed by atoms with Crippen molar-refractivity contribution in [2.75, 3.05) is 13.2 Å². The predicted molar refractivity (Wildman–Crippen MR) is 97.4 cm³/mol. The Bertz CT molecular complexity index is 875. The van der Waals surface area contributed by atoms with Crippen molar-refractivity contribution in [1.29, 1.82) is 0 Å². The first-order chi connectivity index (χ1) is 11.4. The van der Waals surface area contributed by atoms with Crippen molar-refractivity contribution in [2.24, 2.45) is 0 Å². The van der Waals surface area contributed by atoms with E-state index in [1.165, 1.54) is 5.39 Å². The Balaban J connectivity index is 1.75. The van der Waals surface area contributed by atoms with Crippen LogP contribution < -0.4 is 0 Å². The van der Waals surface area contributed by atoms with Crippen molar-refractivity contribution < 1.29 is 14.3 Å². The van der Waals surface area contributed by atoms with Crippen LogP contribution >= 0.6 is 0 Å². The topological polar surface area (TPSA) is 35.5 Å². The minimum atomic E-state index is -0.317. The van der Waals surface area contributed by atoms with Crippen LogP contribution in [0, 0.1) is 0 Å². The van der Waals surface area contributed by atoms with Crippen LogP contribution in [0.1, 0.15) is 31.1 Å². The normalized spacial score (nSPS) is 11.8. The molecule has 0 amide bonds. The van der Waals surface area contributed by atoms with Gasteiger partial charge in [-0.3, -0.25) is 0 Å². The Kier molecular flexibility index (Phi) is 4.54. The van der Waals surface area contributed by atoms with Crippen LogP contribution in [0.5, 0.6) is 0 Å². The van der Waals surface area contributed by atoms with Gasteiger partial charge in [0.2, 0.25) is 0 Å². The molecule has 0 radical (unpaired) electrons. The maximum Gasteiger partial charge on any atom is 0.338 e. The molecule has 0 aromatic heterocycles. The van der Waals surface area contributed by atoms with E-state index in [1.54, 1.807) is 0 Å². The average molecular weight is 322 g/mol. The first-order valence-electron chi connectivity index (χ1n) is 8.16. The number of esters is 1. The fourth-order valence-electron chi connectivity index (χ4n) is 2.63. The molecule has 0 atom stereocenters. The van der Waals surface area contributed by atoms with Crippen molar-refractivity contribution in [3.8, 4) is 0 Å². The quantitative estimate of drug-likeness (QED) is 0.387. The van der Waals surface area contributed by atoms with E-state index >= 15 is 0 Å². The van der Waals surface area contributed by atoms with E-state index in [0.717, 1.165) is 16.2 Å². The van der Waals surface area contributed by atoms with Crippen LogP contribution in [0.4, 0.5) is 0 Å². The van der Waals surface area contributed by atoms with E-state index in [-0.39, 0.29) is 18.2 Å². The SMILES string of the molecule is CC(C)(C)OCCOC(=O)c1ccc2cc3ccccc3cc2c1. The van der Waals surface area contributed by atoms with Gasteiger partial charge in [-0.2, -0.15) is 0 Å². The van der Waals surface area contributed by atoms with Crippen LogP contribution in [0.25, 0.3) is 21.5 Å². The highest BCUT2D eigenvalue weighted by molar-refractivity contribution is 6.01. The molecule has 24 heavy (non-hydrogen) atoms. The molecular formula is C21H22O3. The Labute approximate surface area is 142 Å². The van der Waals surface area contributed by atoms with Gasteiger partial charge in [-0.1, -0.05) is 30.3 Å². The Morgan fingerprint density at radius 3 is 2.12 bits per heavy atom. The van der Waals surface area contributed by atoms with Crippen molar-refractivity contribution in [3.05, 3.63) is 60.2 Å². The van der Waals surface area contributed by atoms with Gasteiger partial charge in [0.1, 0.15) is 6.61 Å². The zero-order valence-electron chi connectivity index (χ0n) is 14.3. The summed E-state index contributed by atoms with van der Waals surface area (Å²) in [6, 6.07) is 18.1. The summed E-state index contributed by atoms with van der Waals surface area (Å²) in [6.07, 6.45) is 0. The number of hydrogen-bond donors (Lipinski definition) is 0. The van der Waals surface area contributed by atoms with E-state index in [1.807, 2.05) is 51.1 Å². The van der Waals surface area contributed by atoms with E-state index < -0.39 is 0 Å². The first kappa shape index (κ1) is 16.5. The van der Waals surface area contributed by atoms with Crippen LogP contribution in [0.2, 0.25) is 0 Å². The maximum absolute atomic E-state index is 12.2. The number of benzene rings is 3. The van der Waals surface area contributed by atoms with Crippen molar-refractivity contribution in [2.45, 2.75) is 26.4 Å². The molecule has 3 nitrogen and oxygen atoms in total. The molecule has 124 valence electrons. The largest absolute Gasteiger partial charge is 0.460 e. The molecule has 0 bridgehead atoms. The second-order valence-corrected chi connectivity index (χ2v) is 6.86. The first-order valence-corrected chi connectivity index (χ1v) is 8.16. The van der Waals surface area contributed by atoms with Gasteiger partial charge >= 0.3 is 5.97 Å². The summed E-state index contributed by atoms with van der Waals surface area (Å²) in [5.41, 5.74) is 0.338. The number of rotatable bonds is 4. The maximum atomic E-state index is 12.2. The second-order valence-electron chi connectivity index (χ2n) is 6.86. The molecular weight excluding hydrogens is 300 g/mol. The smallest absolute Gasteiger partial charge is 0.338 e. The van der Waals surface area contributed by atoms with Gasteiger partial charge in [-0.15, -0.1) is 0 Å². The summed E-state index contributed by atoms with van der Waals surface area (Å²) >= 11 is 0. The van der Waals surface area contributed by atoms with E-state index in [2.05, 4.69) is 24.3 Å². The van der Waals surface area contributed by atoms with Crippen LogP contribution in [0.3, 0.4) is 0 Å². The zero-order valence-corrected chi connectivity index (χ0v) is 14.3. The minimum absolute atomic E-state index is 0.226. The number of hydrogen-bond acceptors (Lipinski definition) is 3. The molecule has 0 aliphatic rings. The Hall–Kier alpha value is -2.39. The van der Waals surface area contributed by atoms with Crippen LogP contribution in [0.15, 0.2) is 54.6 Å². The van der Waals surface area contributed by atoms with Gasteiger partial charge in [0.25, 0.3) is 0 Å². The molecule has 0 saturated heterocycles. The van der Waals surface area contributed by atoms with Gasteiger partial charge in [0.05, 0.1) is 17.8 Å². The highest BCUT2D eigenvalue weighted by atomic mass is 16.6. The second kappa shape index (κ2) is 6.62. The van der Waals surface area contributed by atoms with Gasteiger partial charge in [-0.25, -0.2) is 4.79 Å². The van der Waals surface area contributed by atoms with Crippen LogP contribution in [-0.2, 0) is 9.47 Å². The molecule has 0 aliphatic carbocycles. The molecule has 0 spiro atoms. The Morgan fingerprint density at radius 2 is 1.46 bits per heavy atom. The number of fused-ring (bicyclic) bond motifs is 2. The van der Waals surface area contributed by atoms with E-state index in [4.69, 9.17) is 9.47 Å². The summed E-state index contributed by atoms with van der Waals surface area (Å²) in [6.45, 7) is 6.58. The van der Waals surface area contributed by atoms with Crippen molar-refractivity contribution in [1.82, 2.24) is 0 Å². The summed E-state index contributed by atoms with van der Waals surface area (Å²) < 4.78 is 10.9. The molecule has 0 fully saturated rings. The molecule has 3 aromatic rings. The third-order valence-electron chi connectivity index (χ3n) is 3.79. The highest BCUT2D eigenvalue weighted by Crippen LogP contribution is 2.24. The van der Waals surface area contributed by atoms with E-state index in [0.29, 0.717) is 12.2 Å². The summed E-state index contributed by atoms with van der Waals surface area (Å²) in [5.74, 6) is -0.317. The lowest BCUT2D eigenvalue weighted by molar-refractivity contribution is -0.0281. The van der Waals surface area contributed by atoms with Crippen molar-refractivity contribution >= 4 is 27.5 Å². The van der Waals surface area contributed by atoms with Crippen LogP contribution in [-0.4, -0.2) is 24.8 Å². The monoisotopic (exact) mass is 322 g/mol. The average Bonchev–Trinajstić information content (AvgIpc) is 2.55. The highest BCUT2D eigenvalue weighted by Gasteiger charge is 2.12.